The van der Waals surface area contributed by atoms with Gasteiger partial charge in [0.2, 0.25) is 0 Å². The molecule has 0 bridgehead atoms. The van der Waals surface area contributed by atoms with Gasteiger partial charge in [-0.05, 0) is 24.1 Å². The Bertz CT molecular complexity index is 656. The van der Waals surface area contributed by atoms with Crippen molar-refractivity contribution in [1.82, 2.24) is 0 Å². The summed E-state index contributed by atoms with van der Waals surface area (Å²) in [6.45, 7) is 3.06. The van der Waals surface area contributed by atoms with Gasteiger partial charge in [0, 0.05) is 6.61 Å². The largest absolute Gasteiger partial charge is 0.491 e. The molecule has 28 heavy (non-hydrogen) atoms. The molecule has 9 heteroatoms. The summed E-state index contributed by atoms with van der Waals surface area (Å²) < 4.78 is 51.2. The van der Waals surface area contributed by atoms with Crippen LogP contribution in [0, 0.1) is 0 Å². The number of nitrogens with zero attached hydrogens (tertiary/aromatic N) is 1. The van der Waals surface area contributed by atoms with E-state index < -0.39 is 17.8 Å². The Balaban J connectivity index is 1.98. The van der Waals surface area contributed by atoms with E-state index >= 15 is 0 Å². The van der Waals surface area contributed by atoms with Crippen molar-refractivity contribution < 1.29 is 27.8 Å². The fourth-order valence-corrected chi connectivity index (χ4v) is 3.83. The molecule has 2 rings (SSSR count). The third-order valence-electron chi connectivity index (χ3n) is 4.25. The van der Waals surface area contributed by atoms with Gasteiger partial charge < -0.3 is 20.3 Å². The molecule has 1 unspecified atom stereocenters. The highest BCUT2D eigenvalue weighted by molar-refractivity contribution is 8.14. The number of hydrogen-bond acceptors (Lipinski definition) is 6. The number of aliphatic hydroxyl groups is 1. The SMILES string of the molecule is CCCCCOCCOc1ccc(C2CN=C([C@@H](N)CO)S2)cc1C(F)(F)F. The van der Waals surface area contributed by atoms with Gasteiger partial charge in [-0.3, -0.25) is 4.99 Å². The minimum atomic E-state index is -4.53. The van der Waals surface area contributed by atoms with Gasteiger partial charge in [0.1, 0.15) is 12.4 Å². The summed E-state index contributed by atoms with van der Waals surface area (Å²) in [5.41, 5.74) is 5.43. The van der Waals surface area contributed by atoms with Crippen molar-refractivity contribution in [2.75, 3.05) is 33.0 Å². The molecule has 2 atom stereocenters. The number of halogens is 3. The molecule has 1 aliphatic rings. The third-order valence-corrected chi connectivity index (χ3v) is 5.63. The van der Waals surface area contributed by atoms with Crippen molar-refractivity contribution >= 4 is 16.8 Å². The topological polar surface area (TPSA) is 77.1 Å². The first-order chi connectivity index (χ1) is 13.4. The molecule has 5 nitrogen and oxygen atoms in total. The van der Waals surface area contributed by atoms with E-state index in [1.807, 2.05) is 0 Å². The van der Waals surface area contributed by atoms with E-state index in [2.05, 4.69) is 11.9 Å². The van der Waals surface area contributed by atoms with E-state index in [0.717, 1.165) is 25.3 Å². The number of unbranched alkanes of at least 4 members (excludes halogenated alkanes) is 2. The number of benzene rings is 1. The Morgan fingerprint density at radius 1 is 1.29 bits per heavy atom. The standard InChI is InChI=1S/C19H27F3N2O3S/c1-2-3-4-7-26-8-9-27-16-6-5-13(10-14(16)19(20,21)22)17-11-24-18(28-17)15(23)12-25/h5-6,10,15,17,25H,2-4,7-9,11-12,23H2,1H3/t15-,17?/m0/s1. The van der Waals surface area contributed by atoms with Crippen LogP contribution >= 0.6 is 11.8 Å². The molecular weight excluding hydrogens is 393 g/mol. The lowest BCUT2D eigenvalue weighted by Gasteiger charge is -2.17. The summed E-state index contributed by atoms with van der Waals surface area (Å²) in [6.07, 6.45) is -1.45. The number of rotatable bonds is 11. The number of ether oxygens (including phenoxy) is 2. The van der Waals surface area contributed by atoms with Gasteiger partial charge in [0.25, 0.3) is 0 Å². The van der Waals surface area contributed by atoms with Crippen molar-refractivity contribution in [2.45, 2.75) is 43.7 Å². The maximum atomic E-state index is 13.5. The second-order valence-electron chi connectivity index (χ2n) is 6.50. The molecule has 1 aliphatic heterocycles. The zero-order valence-corrected chi connectivity index (χ0v) is 16.7. The lowest BCUT2D eigenvalue weighted by Crippen LogP contribution is -2.31. The van der Waals surface area contributed by atoms with Crippen LogP contribution in [0.1, 0.15) is 42.6 Å². The number of nitrogens with two attached hydrogens (primary N) is 1. The summed E-state index contributed by atoms with van der Waals surface area (Å²) in [5, 5.41) is 9.41. The predicted molar refractivity (Wildman–Crippen MR) is 105 cm³/mol. The smallest absolute Gasteiger partial charge is 0.419 e. The fraction of sp³-hybridized carbons (Fsp3) is 0.632. The number of alkyl halides is 3. The van der Waals surface area contributed by atoms with Gasteiger partial charge >= 0.3 is 6.18 Å². The molecule has 0 aromatic heterocycles. The molecule has 0 saturated heterocycles. The first-order valence-electron chi connectivity index (χ1n) is 9.36. The van der Waals surface area contributed by atoms with E-state index in [9.17, 15) is 13.2 Å². The minimum absolute atomic E-state index is 0.0609. The Morgan fingerprint density at radius 2 is 2.07 bits per heavy atom. The highest BCUT2D eigenvalue weighted by Crippen LogP contribution is 2.42. The highest BCUT2D eigenvalue weighted by Gasteiger charge is 2.36. The molecule has 0 saturated carbocycles. The van der Waals surface area contributed by atoms with Gasteiger partial charge in [-0.15, -0.1) is 0 Å². The van der Waals surface area contributed by atoms with Gasteiger partial charge in [-0.1, -0.05) is 37.6 Å². The van der Waals surface area contributed by atoms with Crippen LogP contribution in [-0.4, -0.2) is 49.2 Å². The third kappa shape index (κ3) is 6.65. The average Bonchev–Trinajstić information content (AvgIpc) is 3.16. The van der Waals surface area contributed by atoms with Crippen LogP contribution in [-0.2, 0) is 10.9 Å². The first kappa shape index (κ1) is 23.0. The van der Waals surface area contributed by atoms with E-state index in [0.29, 0.717) is 23.8 Å². The molecule has 1 aromatic rings. The zero-order valence-electron chi connectivity index (χ0n) is 15.9. The molecule has 1 heterocycles. The maximum Gasteiger partial charge on any atom is 0.419 e. The lowest BCUT2D eigenvalue weighted by molar-refractivity contribution is -0.139. The number of hydrogen-bond donors (Lipinski definition) is 2. The molecule has 0 fully saturated rings. The van der Waals surface area contributed by atoms with Crippen molar-refractivity contribution in [3.05, 3.63) is 29.3 Å². The molecule has 0 spiro atoms. The van der Waals surface area contributed by atoms with E-state index in [1.54, 1.807) is 6.07 Å². The van der Waals surface area contributed by atoms with Gasteiger partial charge in [0.05, 0.1) is 41.7 Å². The molecule has 3 N–H and O–H groups in total. The number of aliphatic hydroxyl groups excluding tert-OH is 1. The predicted octanol–water partition coefficient (Wildman–Crippen LogP) is 3.80. The van der Waals surface area contributed by atoms with Gasteiger partial charge in [0.15, 0.2) is 0 Å². The summed E-state index contributed by atoms with van der Waals surface area (Å²) in [6, 6.07) is 3.47. The van der Waals surface area contributed by atoms with Crippen LogP contribution in [0.25, 0.3) is 0 Å². The van der Waals surface area contributed by atoms with E-state index in [4.69, 9.17) is 20.3 Å². The minimum Gasteiger partial charge on any atom is -0.491 e. The second-order valence-corrected chi connectivity index (χ2v) is 7.72. The summed E-state index contributed by atoms with van der Waals surface area (Å²) >= 11 is 1.29. The molecule has 158 valence electrons. The zero-order chi connectivity index (χ0) is 20.6. The average molecular weight is 420 g/mol. The number of thioether (sulfide) groups is 1. The molecule has 0 aliphatic carbocycles. The van der Waals surface area contributed by atoms with Crippen LogP contribution in [0.3, 0.4) is 0 Å². The van der Waals surface area contributed by atoms with Gasteiger partial charge in [-0.2, -0.15) is 13.2 Å². The Labute approximate surface area is 167 Å². The summed E-state index contributed by atoms with van der Waals surface area (Å²) in [5.74, 6) is -0.204. The summed E-state index contributed by atoms with van der Waals surface area (Å²) in [7, 11) is 0. The van der Waals surface area contributed by atoms with Crippen molar-refractivity contribution in [3.63, 3.8) is 0 Å². The van der Waals surface area contributed by atoms with Gasteiger partial charge in [-0.25, -0.2) is 0 Å². The van der Waals surface area contributed by atoms with Crippen LogP contribution in [0.5, 0.6) is 5.75 Å². The van der Waals surface area contributed by atoms with Crippen LogP contribution in [0.4, 0.5) is 13.2 Å². The van der Waals surface area contributed by atoms with E-state index in [1.165, 1.54) is 17.8 Å². The van der Waals surface area contributed by atoms with Crippen molar-refractivity contribution in [2.24, 2.45) is 10.7 Å². The molecular formula is C19H27F3N2O3S. The monoisotopic (exact) mass is 420 g/mol. The Morgan fingerprint density at radius 3 is 2.75 bits per heavy atom. The Kier molecular flexibility index (Phi) is 9.07. The van der Waals surface area contributed by atoms with Crippen LogP contribution in [0.2, 0.25) is 0 Å². The highest BCUT2D eigenvalue weighted by atomic mass is 32.2. The molecule has 0 amide bonds. The van der Waals surface area contributed by atoms with Crippen LogP contribution in [0.15, 0.2) is 23.2 Å². The Hall–Kier alpha value is -1.29. The second kappa shape index (κ2) is 11.0. The first-order valence-corrected chi connectivity index (χ1v) is 10.2. The number of aliphatic imine (C=N–C) groups is 1. The molecule has 1 aromatic carbocycles. The molecule has 0 radical (unpaired) electrons. The quantitative estimate of drug-likeness (QED) is 0.533. The fourth-order valence-electron chi connectivity index (χ4n) is 2.71. The van der Waals surface area contributed by atoms with Crippen LogP contribution < -0.4 is 10.5 Å². The normalized spacial score (nSPS) is 18.2. The van der Waals surface area contributed by atoms with E-state index in [-0.39, 0.29) is 30.8 Å². The van der Waals surface area contributed by atoms with Crippen molar-refractivity contribution in [3.8, 4) is 5.75 Å². The maximum absolute atomic E-state index is 13.5. The van der Waals surface area contributed by atoms with Crippen molar-refractivity contribution in [1.29, 1.82) is 0 Å². The summed E-state index contributed by atoms with van der Waals surface area (Å²) in [4.78, 5) is 4.24. The lowest BCUT2D eigenvalue weighted by atomic mass is 10.1.